The maximum absolute atomic E-state index is 12.9. The van der Waals surface area contributed by atoms with E-state index in [0.29, 0.717) is 13.0 Å². The molecule has 0 bridgehead atoms. The number of carbonyl (C=O) groups excluding carboxylic acids is 1. The Bertz CT molecular complexity index is 799. The molecule has 1 unspecified atom stereocenters. The fourth-order valence-electron chi connectivity index (χ4n) is 2.84. The van der Waals surface area contributed by atoms with Crippen LogP contribution in [0, 0.1) is 5.82 Å². The van der Waals surface area contributed by atoms with Crippen molar-refractivity contribution in [3.8, 4) is 0 Å². The van der Waals surface area contributed by atoms with Gasteiger partial charge in [-0.25, -0.2) is 4.39 Å². The fraction of sp³-hybridized carbons (Fsp3) is 0.182. The van der Waals surface area contributed by atoms with Gasteiger partial charge in [0.05, 0.1) is 18.3 Å². The summed E-state index contributed by atoms with van der Waals surface area (Å²) in [7, 11) is 0. The lowest BCUT2D eigenvalue weighted by Gasteiger charge is -2.18. The number of nitrogens with one attached hydrogen (secondary N) is 2. The summed E-state index contributed by atoms with van der Waals surface area (Å²) < 4.78 is 12.9. The smallest absolute Gasteiger partial charge is 0.233 e. The second kappa shape index (κ2) is 9.59. The zero-order chi connectivity index (χ0) is 18.9. The number of amides is 1. The molecule has 2 aromatic carbocycles. The van der Waals surface area contributed by atoms with Crippen LogP contribution in [-0.2, 0) is 11.2 Å². The number of hydrogen-bond acceptors (Lipinski definition) is 3. The summed E-state index contributed by atoms with van der Waals surface area (Å²) in [6.07, 6.45) is 2.41. The SMILES string of the molecule is O=C(CNC(c1ccccc1)c1ccccn1)NCCc1ccc(F)cc1. The molecule has 0 spiro atoms. The van der Waals surface area contributed by atoms with Gasteiger partial charge in [-0.15, -0.1) is 0 Å². The molecule has 0 saturated carbocycles. The lowest BCUT2D eigenvalue weighted by atomic mass is 10.0. The number of carbonyl (C=O) groups is 1. The van der Waals surface area contributed by atoms with Gasteiger partial charge >= 0.3 is 0 Å². The maximum atomic E-state index is 12.9. The Hall–Kier alpha value is -3.05. The molecule has 1 atom stereocenters. The Labute approximate surface area is 158 Å². The van der Waals surface area contributed by atoms with Crippen molar-refractivity contribution in [2.24, 2.45) is 0 Å². The van der Waals surface area contributed by atoms with Gasteiger partial charge in [0.2, 0.25) is 5.91 Å². The second-order valence-electron chi connectivity index (χ2n) is 6.21. The molecule has 0 fully saturated rings. The Morgan fingerprint density at radius 3 is 2.41 bits per heavy atom. The predicted molar refractivity (Wildman–Crippen MR) is 104 cm³/mol. The van der Waals surface area contributed by atoms with Gasteiger partial charge in [0.15, 0.2) is 0 Å². The Kier molecular flexibility index (Phi) is 6.66. The van der Waals surface area contributed by atoms with E-state index in [0.717, 1.165) is 16.8 Å². The number of pyridine rings is 1. The van der Waals surface area contributed by atoms with E-state index in [1.165, 1.54) is 12.1 Å². The monoisotopic (exact) mass is 363 g/mol. The fourth-order valence-corrected chi connectivity index (χ4v) is 2.84. The van der Waals surface area contributed by atoms with E-state index in [1.807, 2.05) is 48.5 Å². The molecule has 5 heteroatoms. The van der Waals surface area contributed by atoms with Crippen molar-refractivity contribution in [1.82, 2.24) is 15.6 Å². The van der Waals surface area contributed by atoms with Gasteiger partial charge in [0.1, 0.15) is 5.82 Å². The van der Waals surface area contributed by atoms with Crippen LogP contribution in [0.2, 0.25) is 0 Å². The molecule has 3 rings (SSSR count). The van der Waals surface area contributed by atoms with Crippen molar-refractivity contribution in [3.05, 3.63) is 102 Å². The number of aromatic nitrogens is 1. The molecule has 27 heavy (non-hydrogen) atoms. The van der Waals surface area contributed by atoms with Gasteiger partial charge in [-0.1, -0.05) is 48.5 Å². The molecule has 0 aliphatic carbocycles. The van der Waals surface area contributed by atoms with Crippen LogP contribution in [0.1, 0.15) is 22.9 Å². The largest absolute Gasteiger partial charge is 0.355 e. The average molecular weight is 363 g/mol. The summed E-state index contributed by atoms with van der Waals surface area (Å²) in [6, 6.07) is 21.8. The third-order valence-electron chi connectivity index (χ3n) is 4.23. The average Bonchev–Trinajstić information content (AvgIpc) is 2.71. The van der Waals surface area contributed by atoms with Gasteiger partial charge in [-0.05, 0) is 41.8 Å². The zero-order valence-electron chi connectivity index (χ0n) is 14.9. The number of halogens is 1. The molecule has 2 N–H and O–H groups in total. The maximum Gasteiger partial charge on any atom is 0.233 e. The van der Waals surface area contributed by atoms with Crippen LogP contribution in [0.4, 0.5) is 4.39 Å². The third kappa shape index (κ3) is 5.72. The van der Waals surface area contributed by atoms with E-state index >= 15 is 0 Å². The quantitative estimate of drug-likeness (QED) is 0.646. The molecule has 1 amide bonds. The van der Waals surface area contributed by atoms with E-state index in [4.69, 9.17) is 0 Å². The molecule has 1 heterocycles. The second-order valence-corrected chi connectivity index (χ2v) is 6.21. The topological polar surface area (TPSA) is 54.0 Å². The van der Waals surface area contributed by atoms with E-state index in [1.54, 1.807) is 18.3 Å². The number of benzene rings is 2. The molecular formula is C22H22FN3O. The van der Waals surface area contributed by atoms with Crippen LogP contribution in [-0.4, -0.2) is 24.0 Å². The predicted octanol–water partition coefficient (Wildman–Crippen LogP) is 3.26. The minimum Gasteiger partial charge on any atom is -0.355 e. The van der Waals surface area contributed by atoms with Crippen LogP contribution < -0.4 is 10.6 Å². The third-order valence-corrected chi connectivity index (χ3v) is 4.23. The molecule has 0 radical (unpaired) electrons. The minimum atomic E-state index is -0.256. The highest BCUT2D eigenvalue weighted by Gasteiger charge is 2.15. The number of nitrogens with zero attached hydrogens (tertiary/aromatic N) is 1. The summed E-state index contributed by atoms with van der Waals surface area (Å²) in [5.74, 6) is -0.345. The summed E-state index contributed by atoms with van der Waals surface area (Å²) in [6.45, 7) is 0.686. The lowest BCUT2D eigenvalue weighted by Crippen LogP contribution is -2.37. The van der Waals surface area contributed by atoms with Crippen molar-refractivity contribution < 1.29 is 9.18 Å². The molecule has 3 aromatic rings. The van der Waals surface area contributed by atoms with Gasteiger partial charge in [-0.3, -0.25) is 15.1 Å². The normalized spacial score (nSPS) is 11.7. The Balaban J connectivity index is 1.54. The Morgan fingerprint density at radius 2 is 1.70 bits per heavy atom. The van der Waals surface area contributed by atoms with E-state index in [-0.39, 0.29) is 24.3 Å². The van der Waals surface area contributed by atoms with Gasteiger partial charge in [0, 0.05) is 12.7 Å². The first-order chi connectivity index (χ1) is 13.2. The van der Waals surface area contributed by atoms with Crippen LogP contribution in [0.15, 0.2) is 79.0 Å². The van der Waals surface area contributed by atoms with Gasteiger partial charge < -0.3 is 5.32 Å². The summed E-state index contributed by atoms with van der Waals surface area (Å²) >= 11 is 0. The summed E-state index contributed by atoms with van der Waals surface area (Å²) in [5, 5.41) is 6.17. The lowest BCUT2D eigenvalue weighted by molar-refractivity contribution is -0.120. The molecule has 0 aliphatic heterocycles. The first kappa shape index (κ1) is 18.7. The molecular weight excluding hydrogens is 341 g/mol. The molecule has 0 saturated heterocycles. The molecule has 1 aromatic heterocycles. The van der Waals surface area contributed by atoms with Crippen LogP contribution >= 0.6 is 0 Å². The molecule has 4 nitrogen and oxygen atoms in total. The van der Waals surface area contributed by atoms with E-state index < -0.39 is 0 Å². The number of rotatable bonds is 8. The first-order valence-corrected chi connectivity index (χ1v) is 8.93. The summed E-state index contributed by atoms with van der Waals surface area (Å²) in [4.78, 5) is 16.6. The van der Waals surface area contributed by atoms with Gasteiger partial charge in [0.25, 0.3) is 0 Å². The molecule has 0 aliphatic rings. The van der Waals surface area contributed by atoms with Crippen molar-refractivity contribution in [2.45, 2.75) is 12.5 Å². The van der Waals surface area contributed by atoms with Crippen molar-refractivity contribution in [2.75, 3.05) is 13.1 Å². The zero-order valence-corrected chi connectivity index (χ0v) is 14.9. The van der Waals surface area contributed by atoms with Gasteiger partial charge in [-0.2, -0.15) is 0 Å². The number of hydrogen-bond donors (Lipinski definition) is 2. The van der Waals surface area contributed by atoms with E-state index in [9.17, 15) is 9.18 Å². The van der Waals surface area contributed by atoms with Crippen molar-refractivity contribution >= 4 is 5.91 Å². The highest BCUT2D eigenvalue weighted by atomic mass is 19.1. The van der Waals surface area contributed by atoms with Crippen molar-refractivity contribution in [3.63, 3.8) is 0 Å². The first-order valence-electron chi connectivity index (χ1n) is 8.93. The Morgan fingerprint density at radius 1 is 0.963 bits per heavy atom. The van der Waals surface area contributed by atoms with E-state index in [2.05, 4.69) is 15.6 Å². The van der Waals surface area contributed by atoms with Crippen LogP contribution in [0.25, 0.3) is 0 Å². The molecule has 138 valence electrons. The summed E-state index contributed by atoms with van der Waals surface area (Å²) in [5.41, 5.74) is 2.90. The highest BCUT2D eigenvalue weighted by molar-refractivity contribution is 5.78. The van der Waals surface area contributed by atoms with Crippen LogP contribution in [0.3, 0.4) is 0 Å². The van der Waals surface area contributed by atoms with Crippen molar-refractivity contribution in [1.29, 1.82) is 0 Å². The highest BCUT2D eigenvalue weighted by Crippen LogP contribution is 2.19. The standard InChI is InChI=1S/C22H22FN3O/c23-19-11-9-17(10-12-19)13-15-25-21(27)16-26-22(18-6-2-1-3-7-18)20-8-4-5-14-24-20/h1-12,14,22,26H,13,15-16H2,(H,25,27). The van der Waals surface area contributed by atoms with Crippen LogP contribution in [0.5, 0.6) is 0 Å². The minimum absolute atomic E-state index is 0.0889.